The quantitative estimate of drug-likeness (QED) is 0.575. The number of anilines is 1. The van der Waals surface area contributed by atoms with Gasteiger partial charge in [0.1, 0.15) is 11.4 Å². The van der Waals surface area contributed by atoms with Crippen molar-refractivity contribution < 1.29 is 14.8 Å². The second kappa shape index (κ2) is 6.80. The van der Waals surface area contributed by atoms with E-state index in [4.69, 9.17) is 9.84 Å². The van der Waals surface area contributed by atoms with E-state index >= 15 is 0 Å². The van der Waals surface area contributed by atoms with Crippen LogP contribution in [0.3, 0.4) is 0 Å². The van der Waals surface area contributed by atoms with Crippen LogP contribution in [0.1, 0.15) is 19.8 Å². The van der Waals surface area contributed by atoms with E-state index in [0.717, 1.165) is 6.42 Å². The first kappa shape index (κ1) is 14.2. The molecule has 1 rings (SSSR count). The molecule has 2 N–H and O–H groups in total. The maximum Gasteiger partial charge on any atom is 0.296 e. The Morgan fingerprint density at radius 1 is 1.56 bits per heavy atom. The molecular weight excluding hydrogens is 236 g/mol. The molecule has 0 spiro atoms. The topological polar surface area (TPSA) is 84.6 Å². The highest BCUT2D eigenvalue weighted by molar-refractivity contribution is 5.64. The first-order valence-electron chi connectivity index (χ1n) is 5.82. The first-order valence-corrected chi connectivity index (χ1v) is 5.82. The number of ether oxygens (including phenoxy) is 1. The lowest BCUT2D eigenvalue weighted by atomic mass is 10.1. The molecule has 0 aliphatic carbocycles. The van der Waals surface area contributed by atoms with Crippen LogP contribution in [-0.4, -0.2) is 29.8 Å². The summed E-state index contributed by atoms with van der Waals surface area (Å²) in [5.41, 5.74) is 0.423. The zero-order valence-corrected chi connectivity index (χ0v) is 10.5. The lowest BCUT2D eigenvalue weighted by Gasteiger charge is -2.17. The summed E-state index contributed by atoms with van der Waals surface area (Å²) >= 11 is 0. The highest BCUT2D eigenvalue weighted by Gasteiger charge is 2.17. The molecule has 1 atom stereocenters. The van der Waals surface area contributed by atoms with Crippen molar-refractivity contribution in [2.45, 2.75) is 25.8 Å². The lowest BCUT2D eigenvalue weighted by molar-refractivity contribution is -0.384. The minimum atomic E-state index is -0.448. The molecule has 0 amide bonds. The predicted octanol–water partition coefficient (Wildman–Crippen LogP) is 2.18. The summed E-state index contributed by atoms with van der Waals surface area (Å²) in [4.78, 5) is 10.5. The second-order valence-corrected chi connectivity index (χ2v) is 3.90. The van der Waals surface area contributed by atoms with E-state index in [0.29, 0.717) is 17.9 Å². The van der Waals surface area contributed by atoms with Gasteiger partial charge >= 0.3 is 0 Å². The lowest BCUT2D eigenvalue weighted by Crippen LogP contribution is -2.20. The van der Waals surface area contributed by atoms with Gasteiger partial charge in [0.25, 0.3) is 5.69 Å². The average Bonchev–Trinajstić information content (AvgIpc) is 2.38. The van der Waals surface area contributed by atoms with E-state index in [-0.39, 0.29) is 18.3 Å². The zero-order valence-electron chi connectivity index (χ0n) is 10.5. The number of nitrogens with one attached hydrogen (secondary N) is 1. The van der Waals surface area contributed by atoms with Crippen molar-refractivity contribution in [2.75, 3.05) is 19.0 Å². The molecule has 0 aliphatic heterocycles. The third-order valence-electron chi connectivity index (χ3n) is 2.73. The van der Waals surface area contributed by atoms with Crippen LogP contribution in [0.25, 0.3) is 0 Å². The molecule has 6 heteroatoms. The standard InChI is InChI=1S/C12H18N2O4/c1-3-9(6-7-15)13-11-5-4-10(18-2)8-12(11)14(16)17/h4-5,8-9,13,15H,3,6-7H2,1-2H3. The molecule has 0 fully saturated rings. The smallest absolute Gasteiger partial charge is 0.296 e. The Morgan fingerprint density at radius 3 is 2.78 bits per heavy atom. The van der Waals surface area contributed by atoms with E-state index < -0.39 is 4.92 Å². The summed E-state index contributed by atoms with van der Waals surface area (Å²) in [6.45, 7) is 2.01. The molecule has 0 saturated carbocycles. The van der Waals surface area contributed by atoms with Gasteiger partial charge in [0.2, 0.25) is 0 Å². The van der Waals surface area contributed by atoms with Crippen LogP contribution in [-0.2, 0) is 0 Å². The predicted molar refractivity (Wildman–Crippen MR) is 69.1 cm³/mol. The van der Waals surface area contributed by atoms with Gasteiger partial charge in [0, 0.05) is 12.6 Å². The third kappa shape index (κ3) is 3.59. The Labute approximate surface area is 106 Å². The van der Waals surface area contributed by atoms with Crippen molar-refractivity contribution in [1.82, 2.24) is 0 Å². The Morgan fingerprint density at radius 2 is 2.28 bits per heavy atom. The molecule has 0 aromatic heterocycles. The van der Waals surface area contributed by atoms with Crippen LogP contribution < -0.4 is 10.1 Å². The van der Waals surface area contributed by atoms with Crippen LogP contribution >= 0.6 is 0 Å². The summed E-state index contributed by atoms with van der Waals surface area (Å²) in [7, 11) is 1.47. The molecule has 1 aromatic carbocycles. The number of hydrogen-bond donors (Lipinski definition) is 2. The maximum absolute atomic E-state index is 11.0. The fourth-order valence-corrected chi connectivity index (χ4v) is 1.67. The number of rotatable bonds is 7. The third-order valence-corrected chi connectivity index (χ3v) is 2.73. The normalized spacial score (nSPS) is 11.9. The van der Waals surface area contributed by atoms with E-state index in [1.807, 2.05) is 6.92 Å². The molecule has 0 radical (unpaired) electrons. The van der Waals surface area contributed by atoms with E-state index in [1.165, 1.54) is 13.2 Å². The minimum Gasteiger partial charge on any atom is -0.496 e. The van der Waals surface area contributed by atoms with Crippen molar-refractivity contribution in [3.05, 3.63) is 28.3 Å². The highest BCUT2D eigenvalue weighted by atomic mass is 16.6. The minimum absolute atomic E-state index is 0.0158. The number of hydrogen-bond acceptors (Lipinski definition) is 5. The zero-order chi connectivity index (χ0) is 13.5. The van der Waals surface area contributed by atoms with Crippen molar-refractivity contribution in [3.8, 4) is 5.75 Å². The molecule has 0 bridgehead atoms. The van der Waals surface area contributed by atoms with Crippen LogP contribution in [0.4, 0.5) is 11.4 Å². The fraction of sp³-hybridized carbons (Fsp3) is 0.500. The summed E-state index contributed by atoms with van der Waals surface area (Å²) in [5.74, 6) is 0.447. The fourth-order valence-electron chi connectivity index (χ4n) is 1.67. The number of nitrogens with zero attached hydrogens (tertiary/aromatic N) is 1. The molecular formula is C12H18N2O4. The van der Waals surface area contributed by atoms with E-state index in [1.54, 1.807) is 12.1 Å². The van der Waals surface area contributed by atoms with Crippen molar-refractivity contribution in [2.24, 2.45) is 0 Å². The molecule has 1 unspecified atom stereocenters. The largest absolute Gasteiger partial charge is 0.496 e. The van der Waals surface area contributed by atoms with Gasteiger partial charge in [0.15, 0.2) is 0 Å². The SMILES string of the molecule is CCC(CCO)Nc1ccc(OC)cc1[N+](=O)[O-]. The van der Waals surface area contributed by atoms with Gasteiger partial charge in [-0.2, -0.15) is 0 Å². The maximum atomic E-state index is 11.0. The summed E-state index contributed by atoms with van der Waals surface area (Å²) in [6, 6.07) is 4.69. The second-order valence-electron chi connectivity index (χ2n) is 3.90. The monoisotopic (exact) mass is 254 g/mol. The van der Waals surface area contributed by atoms with Crippen LogP contribution in [0, 0.1) is 10.1 Å². The molecule has 0 heterocycles. The highest BCUT2D eigenvalue weighted by Crippen LogP contribution is 2.29. The summed E-state index contributed by atoms with van der Waals surface area (Å²) in [6.07, 6.45) is 1.34. The Balaban J connectivity index is 2.96. The number of methoxy groups -OCH3 is 1. The Hall–Kier alpha value is -1.82. The number of benzene rings is 1. The van der Waals surface area contributed by atoms with Gasteiger partial charge in [0.05, 0.1) is 18.1 Å². The summed E-state index contributed by atoms with van der Waals surface area (Å²) < 4.78 is 4.97. The van der Waals surface area contributed by atoms with Gasteiger partial charge in [-0.25, -0.2) is 0 Å². The Bertz CT molecular complexity index is 409. The molecule has 0 aliphatic rings. The number of aliphatic hydroxyl groups excluding tert-OH is 1. The van der Waals surface area contributed by atoms with Gasteiger partial charge in [-0.05, 0) is 25.0 Å². The van der Waals surface area contributed by atoms with Crippen molar-refractivity contribution in [1.29, 1.82) is 0 Å². The van der Waals surface area contributed by atoms with Gasteiger partial charge in [-0.15, -0.1) is 0 Å². The van der Waals surface area contributed by atoms with Crippen LogP contribution in [0.15, 0.2) is 18.2 Å². The van der Waals surface area contributed by atoms with E-state index in [2.05, 4.69) is 5.32 Å². The summed E-state index contributed by atoms with van der Waals surface area (Å²) in [5, 5.41) is 23.0. The number of nitro groups is 1. The first-order chi connectivity index (χ1) is 8.62. The van der Waals surface area contributed by atoms with Gasteiger partial charge < -0.3 is 15.2 Å². The molecule has 6 nitrogen and oxygen atoms in total. The molecule has 18 heavy (non-hydrogen) atoms. The molecule has 100 valence electrons. The number of aliphatic hydroxyl groups is 1. The van der Waals surface area contributed by atoms with Gasteiger partial charge in [-0.3, -0.25) is 10.1 Å². The van der Waals surface area contributed by atoms with Crippen molar-refractivity contribution in [3.63, 3.8) is 0 Å². The molecule has 0 saturated heterocycles. The van der Waals surface area contributed by atoms with Gasteiger partial charge in [-0.1, -0.05) is 6.92 Å². The Kier molecular flexibility index (Phi) is 5.38. The van der Waals surface area contributed by atoms with E-state index in [9.17, 15) is 10.1 Å². The molecule has 1 aromatic rings. The van der Waals surface area contributed by atoms with Crippen LogP contribution in [0.2, 0.25) is 0 Å². The average molecular weight is 254 g/mol. The van der Waals surface area contributed by atoms with Crippen LogP contribution in [0.5, 0.6) is 5.75 Å². The van der Waals surface area contributed by atoms with Crippen molar-refractivity contribution >= 4 is 11.4 Å². The number of nitro benzene ring substituents is 1.